The van der Waals surface area contributed by atoms with Gasteiger partial charge in [0, 0.05) is 12.6 Å². The van der Waals surface area contributed by atoms with Gasteiger partial charge < -0.3 is 10.2 Å². The summed E-state index contributed by atoms with van der Waals surface area (Å²) >= 11 is 6.27. The third-order valence-electron chi connectivity index (χ3n) is 7.54. The maximum Gasteiger partial charge on any atom is 0.416 e. The molecule has 1 aliphatic carbocycles. The Hall–Kier alpha value is -3.64. The zero-order chi connectivity index (χ0) is 32.1. The Morgan fingerprint density at radius 2 is 1.61 bits per heavy atom. The van der Waals surface area contributed by atoms with E-state index in [9.17, 15) is 35.6 Å². The SMILES string of the molecule is C[C@H](C(=O)NC1CCCCC1)N(Cc1ccc(F)cc1)C(=O)CN(c1cc(C(F)(F)F)ccc1Cl)S(=O)(=O)c1ccccc1. The minimum absolute atomic E-state index is 0.0830. The zero-order valence-corrected chi connectivity index (χ0v) is 25.4. The number of anilines is 1. The van der Waals surface area contributed by atoms with Gasteiger partial charge in [0.2, 0.25) is 11.8 Å². The second-order valence-electron chi connectivity index (χ2n) is 10.7. The second-order valence-corrected chi connectivity index (χ2v) is 12.9. The molecule has 0 aromatic heterocycles. The summed E-state index contributed by atoms with van der Waals surface area (Å²) in [6.45, 7) is 0.307. The van der Waals surface area contributed by atoms with Gasteiger partial charge in [0.05, 0.1) is 21.2 Å². The molecule has 0 saturated heterocycles. The summed E-state index contributed by atoms with van der Waals surface area (Å²) in [6.07, 6.45) is -0.320. The highest BCUT2D eigenvalue weighted by Crippen LogP contribution is 2.37. The molecule has 44 heavy (non-hydrogen) atoms. The van der Waals surface area contributed by atoms with Crippen LogP contribution in [0.3, 0.4) is 0 Å². The van der Waals surface area contributed by atoms with E-state index in [2.05, 4.69) is 5.32 Å². The van der Waals surface area contributed by atoms with E-state index in [0.29, 0.717) is 22.0 Å². The third kappa shape index (κ3) is 8.09. The molecule has 2 amide bonds. The molecule has 1 saturated carbocycles. The quantitative estimate of drug-likeness (QED) is 0.251. The van der Waals surface area contributed by atoms with Crippen molar-refractivity contribution in [1.29, 1.82) is 0 Å². The topological polar surface area (TPSA) is 86.8 Å². The van der Waals surface area contributed by atoms with Crippen LogP contribution in [0.4, 0.5) is 23.2 Å². The number of rotatable bonds is 10. The summed E-state index contributed by atoms with van der Waals surface area (Å²) in [5, 5.41) is 2.62. The van der Waals surface area contributed by atoms with E-state index in [1.165, 1.54) is 55.5 Å². The van der Waals surface area contributed by atoms with E-state index in [0.717, 1.165) is 43.1 Å². The molecule has 0 unspecified atom stereocenters. The van der Waals surface area contributed by atoms with Crippen molar-refractivity contribution in [3.05, 3.63) is 94.8 Å². The van der Waals surface area contributed by atoms with E-state index in [1.807, 2.05) is 0 Å². The third-order valence-corrected chi connectivity index (χ3v) is 9.63. The minimum Gasteiger partial charge on any atom is -0.352 e. The Bertz CT molecular complexity index is 1560. The molecule has 236 valence electrons. The van der Waals surface area contributed by atoms with Crippen molar-refractivity contribution in [2.75, 3.05) is 10.8 Å². The number of hydrogen-bond donors (Lipinski definition) is 1. The summed E-state index contributed by atoms with van der Waals surface area (Å²) in [7, 11) is -4.63. The second kappa shape index (κ2) is 14.0. The summed E-state index contributed by atoms with van der Waals surface area (Å²) < 4.78 is 82.9. The molecule has 3 aromatic carbocycles. The van der Waals surface area contributed by atoms with Gasteiger partial charge in [0.1, 0.15) is 18.4 Å². The first-order chi connectivity index (χ1) is 20.8. The van der Waals surface area contributed by atoms with E-state index in [1.54, 1.807) is 6.07 Å². The number of benzene rings is 3. The lowest BCUT2D eigenvalue weighted by Gasteiger charge is -2.33. The fraction of sp³-hybridized carbons (Fsp3) is 0.355. The van der Waals surface area contributed by atoms with Crippen molar-refractivity contribution in [3.63, 3.8) is 0 Å². The highest BCUT2D eigenvalue weighted by atomic mass is 35.5. The molecule has 1 fully saturated rings. The first-order valence-corrected chi connectivity index (χ1v) is 15.9. The maximum atomic E-state index is 14.0. The van der Waals surface area contributed by atoms with Gasteiger partial charge in [-0.05, 0) is 67.8 Å². The van der Waals surface area contributed by atoms with Crippen LogP contribution in [0, 0.1) is 5.82 Å². The molecule has 0 bridgehead atoms. The summed E-state index contributed by atoms with van der Waals surface area (Å²) in [6, 6.07) is 13.1. The first-order valence-electron chi connectivity index (χ1n) is 14.1. The van der Waals surface area contributed by atoms with Crippen molar-refractivity contribution in [1.82, 2.24) is 10.2 Å². The molecule has 7 nitrogen and oxygen atoms in total. The molecule has 13 heteroatoms. The lowest BCUT2D eigenvalue weighted by Crippen LogP contribution is -2.53. The Morgan fingerprint density at radius 3 is 2.23 bits per heavy atom. The molecular formula is C31H32ClF4N3O4S. The van der Waals surface area contributed by atoms with Crippen LogP contribution in [0.1, 0.15) is 50.2 Å². The number of alkyl halides is 3. The van der Waals surface area contributed by atoms with Crippen LogP contribution in [0.25, 0.3) is 0 Å². The molecule has 0 aliphatic heterocycles. The van der Waals surface area contributed by atoms with Crippen LogP contribution in [0.2, 0.25) is 5.02 Å². The van der Waals surface area contributed by atoms with Crippen molar-refractivity contribution in [3.8, 4) is 0 Å². The fourth-order valence-corrected chi connectivity index (χ4v) is 6.77. The molecule has 4 rings (SSSR count). The Kier molecular flexibility index (Phi) is 10.6. The Balaban J connectivity index is 1.74. The number of hydrogen-bond acceptors (Lipinski definition) is 4. The summed E-state index contributed by atoms with van der Waals surface area (Å²) in [5.41, 5.74) is -1.27. The summed E-state index contributed by atoms with van der Waals surface area (Å²) in [4.78, 5) is 28.2. The number of nitrogens with one attached hydrogen (secondary N) is 1. The van der Waals surface area contributed by atoms with Crippen molar-refractivity contribution in [2.45, 2.75) is 68.7 Å². The molecular weight excluding hydrogens is 622 g/mol. The van der Waals surface area contributed by atoms with Crippen LogP contribution < -0.4 is 9.62 Å². The van der Waals surface area contributed by atoms with E-state index in [4.69, 9.17) is 11.6 Å². The van der Waals surface area contributed by atoms with Crippen molar-refractivity contribution in [2.24, 2.45) is 0 Å². The molecule has 0 spiro atoms. The van der Waals surface area contributed by atoms with Crippen LogP contribution >= 0.6 is 11.6 Å². The van der Waals surface area contributed by atoms with Crippen LogP contribution in [0.15, 0.2) is 77.7 Å². The smallest absolute Gasteiger partial charge is 0.352 e. The monoisotopic (exact) mass is 653 g/mol. The van der Waals surface area contributed by atoms with Gasteiger partial charge >= 0.3 is 6.18 Å². The average Bonchev–Trinajstić information content (AvgIpc) is 3.00. The number of carbonyl (C=O) groups excluding carboxylic acids is 2. The Morgan fingerprint density at radius 1 is 0.977 bits per heavy atom. The Labute approximate surface area is 258 Å². The lowest BCUT2D eigenvalue weighted by atomic mass is 9.95. The van der Waals surface area contributed by atoms with Crippen molar-refractivity contribution >= 4 is 39.1 Å². The average molecular weight is 654 g/mol. The number of sulfonamides is 1. The first kappa shape index (κ1) is 33.3. The van der Waals surface area contributed by atoms with Crippen molar-refractivity contribution < 1.29 is 35.6 Å². The van der Waals surface area contributed by atoms with Gasteiger partial charge in [-0.25, -0.2) is 12.8 Å². The maximum absolute atomic E-state index is 14.0. The highest BCUT2D eigenvalue weighted by Gasteiger charge is 2.36. The molecule has 3 aromatic rings. The predicted molar refractivity (Wildman–Crippen MR) is 159 cm³/mol. The molecule has 1 aliphatic rings. The van der Waals surface area contributed by atoms with Crippen LogP contribution in [0.5, 0.6) is 0 Å². The van der Waals surface area contributed by atoms with Gasteiger partial charge in [-0.1, -0.05) is 61.2 Å². The lowest BCUT2D eigenvalue weighted by molar-refractivity contribution is -0.139. The molecule has 0 radical (unpaired) electrons. The van der Waals surface area contributed by atoms with Gasteiger partial charge in [0.15, 0.2) is 0 Å². The zero-order valence-electron chi connectivity index (χ0n) is 23.9. The largest absolute Gasteiger partial charge is 0.416 e. The highest BCUT2D eigenvalue weighted by molar-refractivity contribution is 7.92. The van der Waals surface area contributed by atoms with Gasteiger partial charge in [0.25, 0.3) is 10.0 Å². The van der Waals surface area contributed by atoms with E-state index >= 15 is 0 Å². The van der Waals surface area contributed by atoms with Gasteiger partial charge in [-0.3, -0.25) is 13.9 Å². The number of amides is 2. The number of carbonyl (C=O) groups is 2. The van der Waals surface area contributed by atoms with E-state index in [-0.39, 0.29) is 22.5 Å². The van der Waals surface area contributed by atoms with Gasteiger partial charge in [-0.15, -0.1) is 0 Å². The standard InChI is InChI=1S/C31H32ClF4N3O4S/c1-21(30(41)37-25-8-4-2-5-9-25)38(19-22-12-15-24(33)16-13-22)29(40)20-39(44(42,43)26-10-6-3-7-11-26)28-18-23(31(34,35)36)14-17-27(28)32/h3,6-7,10-18,21,25H,2,4-5,8-9,19-20H2,1H3,(H,37,41)/t21-/m1/s1. The van der Waals surface area contributed by atoms with E-state index < -0.39 is 57.7 Å². The normalized spacial score (nSPS) is 15.0. The van der Waals surface area contributed by atoms with Gasteiger partial charge in [-0.2, -0.15) is 13.2 Å². The minimum atomic E-state index is -4.83. The molecule has 1 N–H and O–H groups in total. The molecule has 1 atom stereocenters. The molecule has 0 heterocycles. The van der Waals surface area contributed by atoms with Crippen LogP contribution in [-0.2, 0) is 32.3 Å². The fourth-order valence-electron chi connectivity index (χ4n) is 5.05. The predicted octanol–water partition coefficient (Wildman–Crippen LogP) is 6.56. The van der Waals surface area contributed by atoms with Crippen LogP contribution in [-0.4, -0.2) is 43.8 Å². The number of halogens is 5. The number of nitrogens with zero attached hydrogens (tertiary/aromatic N) is 2. The summed E-state index contributed by atoms with van der Waals surface area (Å²) in [5.74, 6) is -1.87.